The molecule has 4 rings (SSSR count). The Kier molecular flexibility index (Phi) is 6.30. The second kappa shape index (κ2) is 9.28. The average Bonchev–Trinajstić information content (AvgIpc) is 3.36. The van der Waals surface area contributed by atoms with Crippen LogP contribution in [-0.2, 0) is 9.59 Å². The summed E-state index contributed by atoms with van der Waals surface area (Å²) in [6, 6.07) is 7.56. The van der Waals surface area contributed by atoms with Crippen LogP contribution in [0, 0.1) is 5.92 Å². The van der Waals surface area contributed by atoms with Gasteiger partial charge in [-0.05, 0) is 49.9 Å². The lowest BCUT2D eigenvalue weighted by Crippen LogP contribution is -2.24. The molecule has 0 unspecified atom stereocenters. The predicted molar refractivity (Wildman–Crippen MR) is 111 cm³/mol. The number of nitrogens with one attached hydrogen (secondary N) is 1. The van der Waals surface area contributed by atoms with Crippen LogP contribution in [0.3, 0.4) is 0 Å². The lowest BCUT2D eigenvalue weighted by atomic mass is 9.87. The molecule has 1 aromatic heterocycles. The van der Waals surface area contributed by atoms with E-state index in [9.17, 15) is 9.59 Å². The second-order valence-electron chi connectivity index (χ2n) is 8.03. The van der Waals surface area contributed by atoms with E-state index in [2.05, 4.69) is 15.5 Å². The van der Waals surface area contributed by atoms with Crippen LogP contribution in [-0.4, -0.2) is 35.2 Å². The van der Waals surface area contributed by atoms with E-state index in [0.717, 1.165) is 24.3 Å². The van der Waals surface area contributed by atoms with Crippen molar-refractivity contribution in [1.82, 2.24) is 10.2 Å². The van der Waals surface area contributed by atoms with E-state index in [1.54, 1.807) is 4.90 Å². The number of hydrogen-bond donors (Lipinski definition) is 1. The Labute approximate surface area is 176 Å². The summed E-state index contributed by atoms with van der Waals surface area (Å²) >= 11 is 0. The van der Waals surface area contributed by atoms with Crippen molar-refractivity contribution < 1.29 is 18.7 Å². The zero-order valence-electron chi connectivity index (χ0n) is 17.3. The third-order valence-corrected chi connectivity index (χ3v) is 5.82. The Hall–Kier alpha value is -2.90. The van der Waals surface area contributed by atoms with Crippen molar-refractivity contribution in [2.75, 3.05) is 23.4 Å². The summed E-state index contributed by atoms with van der Waals surface area (Å²) in [6.45, 7) is 2.99. The first kappa shape index (κ1) is 20.4. The summed E-state index contributed by atoms with van der Waals surface area (Å²) in [5.41, 5.74) is 0.812. The van der Waals surface area contributed by atoms with Crippen LogP contribution in [0.5, 0.6) is 5.75 Å². The molecule has 1 saturated heterocycles. The number of nitrogens with zero attached hydrogens (tertiary/aromatic N) is 3. The molecule has 1 saturated carbocycles. The number of carbonyl (C=O) groups excluding carboxylic acids is 2. The quantitative estimate of drug-likeness (QED) is 0.741. The van der Waals surface area contributed by atoms with E-state index in [1.165, 1.54) is 19.3 Å². The fourth-order valence-electron chi connectivity index (χ4n) is 4.29. The van der Waals surface area contributed by atoms with Gasteiger partial charge in [-0.15, -0.1) is 5.10 Å². The SMILES string of the molecule is CCOc1ccc(N2C[C@@H](c3nnc(NC(=O)CC4CCCCC4)o3)CC2=O)cc1. The van der Waals surface area contributed by atoms with Crippen molar-refractivity contribution in [2.24, 2.45) is 5.92 Å². The van der Waals surface area contributed by atoms with Crippen molar-refractivity contribution >= 4 is 23.5 Å². The molecule has 0 bridgehead atoms. The molecular weight excluding hydrogens is 384 g/mol. The summed E-state index contributed by atoms with van der Waals surface area (Å²) in [5.74, 6) is 1.32. The molecule has 30 heavy (non-hydrogen) atoms. The summed E-state index contributed by atoms with van der Waals surface area (Å²) < 4.78 is 11.1. The molecule has 2 aromatic rings. The van der Waals surface area contributed by atoms with Crippen LogP contribution in [0.4, 0.5) is 11.7 Å². The number of amides is 2. The van der Waals surface area contributed by atoms with Gasteiger partial charge in [-0.3, -0.25) is 14.9 Å². The van der Waals surface area contributed by atoms with E-state index < -0.39 is 0 Å². The van der Waals surface area contributed by atoms with Crippen LogP contribution in [0.2, 0.25) is 0 Å². The minimum atomic E-state index is -0.194. The van der Waals surface area contributed by atoms with Gasteiger partial charge in [0.2, 0.25) is 17.7 Å². The van der Waals surface area contributed by atoms with Crippen molar-refractivity contribution in [3.8, 4) is 5.75 Å². The number of benzene rings is 1. The van der Waals surface area contributed by atoms with Crippen molar-refractivity contribution in [2.45, 2.75) is 57.8 Å². The fraction of sp³-hybridized carbons (Fsp3) is 0.545. The maximum Gasteiger partial charge on any atom is 0.322 e. The van der Waals surface area contributed by atoms with E-state index in [0.29, 0.717) is 37.8 Å². The molecule has 8 nitrogen and oxygen atoms in total. The summed E-state index contributed by atoms with van der Waals surface area (Å²) in [5, 5.41) is 10.7. The molecule has 2 heterocycles. The molecule has 1 aliphatic carbocycles. The third kappa shape index (κ3) is 4.80. The van der Waals surface area contributed by atoms with Crippen LogP contribution in [0.1, 0.15) is 63.7 Å². The standard InChI is InChI=1S/C22H28N4O4/c1-2-29-18-10-8-17(9-11-18)26-14-16(13-20(26)28)21-24-25-22(30-21)23-19(27)12-15-6-4-3-5-7-15/h8-11,15-16H,2-7,12-14H2,1H3,(H,23,25,27)/t16-/m0/s1. The monoisotopic (exact) mass is 412 g/mol. The van der Waals surface area contributed by atoms with Crippen molar-refractivity contribution in [3.05, 3.63) is 30.2 Å². The molecule has 2 aliphatic rings. The van der Waals surface area contributed by atoms with E-state index in [-0.39, 0.29) is 23.7 Å². The highest BCUT2D eigenvalue weighted by Gasteiger charge is 2.35. The molecule has 0 radical (unpaired) electrons. The van der Waals surface area contributed by atoms with Crippen LogP contribution >= 0.6 is 0 Å². The number of hydrogen-bond acceptors (Lipinski definition) is 6. The van der Waals surface area contributed by atoms with Crippen molar-refractivity contribution in [1.29, 1.82) is 0 Å². The van der Waals surface area contributed by atoms with Crippen LogP contribution in [0.15, 0.2) is 28.7 Å². The number of rotatable bonds is 7. The van der Waals surface area contributed by atoms with Gasteiger partial charge in [0, 0.05) is 25.1 Å². The average molecular weight is 412 g/mol. The molecule has 2 fully saturated rings. The molecule has 1 aromatic carbocycles. The number of aromatic nitrogens is 2. The third-order valence-electron chi connectivity index (χ3n) is 5.82. The predicted octanol–water partition coefficient (Wildman–Crippen LogP) is 3.90. The Morgan fingerprint density at radius 1 is 1.20 bits per heavy atom. The zero-order valence-corrected chi connectivity index (χ0v) is 17.3. The topological polar surface area (TPSA) is 97.6 Å². The molecule has 1 atom stereocenters. The molecule has 160 valence electrons. The van der Waals surface area contributed by atoms with Gasteiger partial charge in [0.05, 0.1) is 12.5 Å². The second-order valence-corrected chi connectivity index (χ2v) is 8.03. The largest absolute Gasteiger partial charge is 0.494 e. The van der Waals surface area contributed by atoms with E-state index >= 15 is 0 Å². The van der Waals surface area contributed by atoms with Gasteiger partial charge < -0.3 is 14.1 Å². The minimum Gasteiger partial charge on any atom is -0.494 e. The van der Waals surface area contributed by atoms with Gasteiger partial charge in [-0.25, -0.2) is 0 Å². The van der Waals surface area contributed by atoms with Gasteiger partial charge in [-0.2, -0.15) is 0 Å². The van der Waals surface area contributed by atoms with Gasteiger partial charge in [0.1, 0.15) is 5.75 Å². The highest BCUT2D eigenvalue weighted by Crippen LogP contribution is 2.32. The Balaban J connectivity index is 1.34. The summed E-state index contributed by atoms with van der Waals surface area (Å²) in [7, 11) is 0. The van der Waals surface area contributed by atoms with E-state index in [4.69, 9.17) is 9.15 Å². The van der Waals surface area contributed by atoms with Gasteiger partial charge in [-0.1, -0.05) is 24.4 Å². The summed E-state index contributed by atoms with van der Waals surface area (Å²) in [6.07, 6.45) is 6.66. The first-order valence-electron chi connectivity index (χ1n) is 10.8. The lowest BCUT2D eigenvalue weighted by molar-refractivity contribution is -0.118. The minimum absolute atomic E-state index is 0.00486. The Bertz CT molecular complexity index is 874. The van der Waals surface area contributed by atoms with Gasteiger partial charge in [0.15, 0.2) is 0 Å². The Morgan fingerprint density at radius 3 is 2.70 bits per heavy atom. The van der Waals surface area contributed by atoms with Gasteiger partial charge >= 0.3 is 6.01 Å². The highest BCUT2D eigenvalue weighted by molar-refractivity contribution is 5.96. The number of anilines is 2. The molecule has 1 N–H and O–H groups in total. The first-order chi connectivity index (χ1) is 14.6. The van der Waals surface area contributed by atoms with Crippen LogP contribution in [0.25, 0.3) is 0 Å². The molecule has 8 heteroatoms. The zero-order chi connectivity index (χ0) is 20.9. The van der Waals surface area contributed by atoms with Crippen LogP contribution < -0.4 is 15.0 Å². The maximum absolute atomic E-state index is 12.5. The van der Waals surface area contributed by atoms with Gasteiger partial charge in [0.25, 0.3) is 0 Å². The fourth-order valence-corrected chi connectivity index (χ4v) is 4.29. The number of carbonyl (C=O) groups is 2. The molecule has 1 aliphatic heterocycles. The molecule has 2 amide bonds. The Morgan fingerprint density at radius 2 is 1.97 bits per heavy atom. The normalized spacial score (nSPS) is 19.8. The lowest BCUT2D eigenvalue weighted by Gasteiger charge is -2.20. The first-order valence-corrected chi connectivity index (χ1v) is 10.8. The maximum atomic E-state index is 12.5. The smallest absolute Gasteiger partial charge is 0.322 e. The number of ether oxygens (including phenoxy) is 1. The highest BCUT2D eigenvalue weighted by atomic mass is 16.5. The van der Waals surface area contributed by atoms with E-state index in [1.807, 2.05) is 31.2 Å². The van der Waals surface area contributed by atoms with Crippen molar-refractivity contribution in [3.63, 3.8) is 0 Å². The summed E-state index contributed by atoms with van der Waals surface area (Å²) in [4.78, 5) is 26.5. The molecular formula is C22H28N4O4. The molecule has 0 spiro atoms.